The molecule has 0 amide bonds. The number of fused-ring (bicyclic) bond motifs is 4. The van der Waals surface area contributed by atoms with Gasteiger partial charge >= 0.3 is 11.7 Å². The molecule has 320 valence electrons. The molecule has 2 aromatic heterocycles. The molecule has 7 aromatic carbocycles. The van der Waals surface area contributed by atoms with Crippen LogP contribution in [0.25, 0.3) is 49.9 Å². The van der Waals surface area contributed by atoms with Crippen molar-refractivity contribution in [3.8, 4) is 39.6 Å². The fraction of sp³-hybridized carbons (Fsp3) is 0.200. The first-order chi connectivity index (χ1) is 32.1. The van der Waals surface area contributed by atoms with E-state index in [-0.39, 0.29) is 16.7 Å². The minimum Gasteiger partial charge on any atom is -0.457 e. The van der Waals surface area contributed by atoms with Crippen LogP contribution < -0.4 is 13.9 Å². The zero-order valence-corrected chi connectivity index (χ0v) is 38.5. The third kappa shape index (κ3) is 7.87. The molecule has 0 fully saturated rings. The zero-order chi connectivity index (χ0) is 46.8. The van der Waals surface area contributed by atoms with Crippen LogP contribution in [0.4, 0.5) is 22.7 Å². The van der Waals surface area contributed by atoms with Crippen LogP contribution in [0.15, 0.2) is 176 Å². The quantitative estimate of drug-likeness (QED) is 0.136. The highest BCUT2D eigenvalue weighted by Gasteiger charge is 2.42. The number of para-hydroxylation sites is 3. The van der Waals surface area contributed by atoms with Gasteiger partial charge in [-0.3, -0.25) is 4.57 Å². The van der Waals surface area contributed by atoms with Crippen LogP contribution in [0.5, 0.6) is 11.5 Å². The summed E-state index contributed by atoms with van der Waals surface area (Å²) in [5, 5.41) is 2.27. The Hall–Kier alpha value is -7.33. The first-order valence-corrected chi connectivity index (χ1v) is 22.7. The van der Waals surface area contributed by atoms with Crippen molar-refractivity contribution in [2.24, 2.45) is 5.92 Å². The maximum Gasteiger partial charge on any atom is 0.503 e. The molecule has 0 bridgehead atoms. The SMILES string of the molecule is [2H]C([2H])(c1cccc2c1[N+](c1c(-c3ccccc3)cccc1-c1ccccc1)=C=[N+]2c1cc(Oc2ccc3c4ccccc4n(-c4cc(C(C)(C)C)ccn4)c3c2)cc(C(C)(C)C)c1)C(C)C. The average Bonchev–Trinajstić information content (AvgIpc) is 3.87. The number of benzene rings is 7. The van der Waals surface area contributed by atoms with Gasteiger partial charge in [0.1, 0.15) is 17.3 Å². The lowest BCUT2D eigenvalue weighted by Gasteiger charge is -2.20. The zero-order valence-electron chi connectivity index (χ0n) is 40.5. The number of rotatable bonds is 9. The van der Waals surface area contributed by atoms with Crippen LogP contribution in [0.1, 0.15) is 74.8 Å². The molecule has 0 N–H and O–H groups in total. The van der Waals surface area contributed by atoms with Crippen molar-refractivity contribution in [3.05, 3.63) is 193 Å². The van der Waals surface area contributed by atoms with Crippen LogP contribution in [-0.4, -0.2) is 15.6 Å². The molecule has 10 rings (SSSR count). The van der Waals surface area contributed by atoms with E-state index in [0.717, 1.165) is 78.2 Å². The Balaban J connectivity index is 1.20. The summed E-state index contributed by atoms with van der Waals surface area (Å²) in [4.78, 5) is 4.91. The molecule has 9 aromatic rings. The van der Waals surface area contributed by atoms with E-state index >= 15 is 0 Å². The van der Waals surface area contributed by atoms with Crippen molar-refractivity contribution in [2.75, 3.05) is 0 Å². The summed E-state index contributed by atoms with van der Waals surface area (Å²) in [6, 6.07) is 62.7. The predicted molar refractivity (Wildman–Crippen MR) is 273 cm³/mol. The van der Waals surface area contributed by atoms with E-state index in [9.17, 15) is 2.74 Å². The summed E-state index contributed by atoms with van der Waals surface area (Å²) >= 11 is 0. The van der Waals surface area contributed by atoms with Gasteiger partial charge in [0, 0.05) is 43.5 Å². The van der Waals surface area contributed by atoms with Gasteiger partial charge in [0.15, 0.2) is 0 Å². The number of aromatic nitrogens is 2. The van der Waals surface area contributed by atoms with Crippen molar-refractivity contribution in [3.63, 3.8) is 0 Å². The summed E-state index contributed by atoms with van der Waals surface area (Å²) in [5.41, 5.74) is 12.2. The van der Waals surface area contributed by atoms with Gasteiger partial charge in [-0.1, -0.05) is 152 Å². The van der Waals surface area contributed by atoms with Crippen molar-refractivity contribution in [1.29, 1.82) is 0 Å². The van der Waals surface area contributed by atoms with Crippen molar-refractivity contribution >= 4 is 50.6 Å². The van der Waals surface area contributed by atoms with Gasteiger partial charge in [0.05, 0.1) is 28.2 Å². The van der Waals surface area contributed by atoms with Gasteiger partial charge in [0.2, 0.25) is 11.4 Å². The predicted octanol–water partition coefficient (Wildman–Crippen LogP) is 16.0. The number of ether oxygens (including phenoxy) is 1. The molecule has 1 aliphatic heterocycles. The van der Waals surface area contributed by atoms with Crippen molar-refractivity contribution in [2.45, 2.75) is 72.6 Å². The van der Waals surface area contributed by atoms with Gasteiger partial charge < -0.3 is 4.74 Å². The highest BCUT2D eigenvalue weighted by molar-refractivity contribution is 6.09. The number of hydrogen-bond donors (Lipinski definition) is 0. The molecule has 0 radical (unpaired) electrons. The Kier molecular flexibility index (Phi) is 9.87. The van der Waals surface area contributed by atoms with E-state index in [1.54, 1.807) is 0 Å². The second-order valence-electron chi connectivity index (χ2n) is 19.4. The molecule has 1 aliphatic rings. The topological polar surface area (TPSA) is 33.1 Å². The van der Waals surface area contributed by atoms with E-state index in [1.807, 2.05) is 44.3 Å². The lowest BCUT2D eigenvalue weighted by molar-refractivity contribution is 0.479. The third-order valence-corrected chi connectivity index (χ3v) is 12.3. The smallest absolute Gasteiger partial charge is 0.457 e. The molecule has 0 unspecified atom stereocenters. The molecule has 65 heavy (non-hydrogen) atoms. The molecule has 0 saturated heterocycles. The van der Waals surface area contributed by atoms with E-state index in [2.05, 4.69) is 207 Å². The van der Waals surface area contributed by atoms with Crippen LogP contribution in [0.3, 0.4) is 0 Å². The molecular weight excluding hydrogens is 793 g/mol. The van der Waals surface area contributed by atoms with Crippen molar-refractivity contribution in [1.82, 2.24) is 18.7 Å². The second-order valence-corrected chi connectivity index (χ2v) is 19.4. The Morgan fingerprint density at radius 2 is 1.23 bits per heavy atom. The highest BCUT2D eigenvalue weighted by Crippen LogP contribution is 2.47. The molecule has 0 spiro atoms. The summed E-state index contributed by atoms with van der Waals surface area (Å²) < 4.78 is 32.6. The van der Waals surface area contributed by atoms with Crippen LogP contribution in [-0.2, 0) is 17.2 Å². The Morgan fingerprint density at radius 3 is 1.91 bits per heavy atom. The van der Waals surface area contributed by atoms with Gasteiger partial charge in [-0.15, -0.1) is 0 Å². The monoisotopic (exact) mass is 850 g/mol. The largest absolute Gasteiger partial charge is 0.503 e. The maximum atomic E-state index is 9.59. The second kappa shape index (κ2) is 16.3. The molecule has 3 heterocycles. The van der Waals surface area contributed by atoms with Gasteiger partial charge in [-0.05, 0) is 103 Å². The van der Waals surface area contributed by atoms with Gasteiger partial charge in [0.25, 0.3) is 5.69 Å². The van der Waals surface area contributed by atoms with Crippen LogP contribution in [0.2, 0.25) is 0 Å². The summed E-state index contributed by atoms with van der Waals surface area (Å²) in [6.07, 6.45) is 0.243. The van der Waals surface area contributed by atoms with Crippen LogP contribution >= 0.6 is 0 Å². The first-order valence-electron chi connectivity index (χ1n) is 23.7. The number of pyridine rings is 1. The number of nitrogens with zero attached hydrogens (tertiary/aromatic N) is 4. The lowest BCUT2D eigenvalue weighted by atomic mass is 9.86. The summed E-state index contributed by atoms with van der Waals surface area (Å²) in [5.74, 6) is 1.95. The summed E-state index contributed by atoms with van der Waals surface area (Å²) in [7, 11) is 0. The molecule has 0 atom stereocenters. The fourth-order valence-electron chi connectivity index (χ4n) is 9.03. The highest BCUT2D eigenvalue weighted by atomic mass is 16.5. The normalized spacial score (nSPS) is 13.4. The first kappa shape index (κ1) is 39.3. The Labute approximate surface area is 386 Å². The molecule has 5 heteroatoms. The summed E-state index contributed by atoms with van der Waals surface area (Å²) in [6.45, 7) is 17.2. The number of hydrogen-bond acceptors (Lipinski definition) is 2. The van der Waals surface area contributed by atoms with Gasteiger partial charge in [-0.25, -0.2) is 4.98 Å². The minimum absolute atomic E-state index is 0.0424. The van der Waals surface area contributed by atoms with Crippen LogP contribution in [0, 0.1) is 5.92 Å². The van der Waals surface area contributed by atoms with Crippen molar-refractivity contribution < 1.29 is 7.48 Å². The van der Waals surface area contributed by atoms with Gasteiger partial charge in [-0.2, -0.15) is 0 Å². The van der Waals surface area contributed by atoms with E-state index < -0.39 is 6.37 Å². The standard InChI is InChI=1S/C60H56N4O/c1-40(2)33-43-23-17-28-54-57(43)63(58-49(41-19-11-9-12-20-41)25-18-26-50(58)42-21-13-10-14-22-42)39-62(54)46-34-45(60(6,7)8)35-48(37-46)65-47-29-30-52-51-24-15-16-27-53(51)64(55(52)38-47)56-36-44(31-32-61-56)59(3,4)5/h9-32,34-38,40H,33H2,1-8H3/q+2/i33D2. The van der Waals surface area contributed by atoms with E-state index in [4.69, 9.17) is 9.72 Å². The molecule has 0 aliphatic carbocycles. The van der Waals surface area contributed by atoms with E-state index in [0.29, 0.717) is 17.1 Å². The fourth-order valence-corrected chi connectivity index (χ4v) is 9.03. The molecule has 5 nitrogen and oxygen atoms in total. The molecule has 0 saturated carbocycles. The Morgan fingerprint density at radius 1 is 0.585 bits per heavy atom. The van der Waals surface area contributed by atoms with E-state index in [1.165, 1.54) is 5.56 Å². The minimum atomic E-state index is -1.66. The lowest BCUT2D eigenvalue weighted by Crippen LogP contribution is -2.12. The Bertz CT molecular complexity index is 3380. The molecular formula is C60H56N4O+2. The maximum absolute atomic E-state index is 9.59. The third-order valence-electron chi connectivity index (χ3n) is 12.3. The average molecular weight is 851 g/mol.